The molecule has 0 fully saturated rings. The van der Waals surface area contributed by atoms with Crippen LogP contribution in [0.4, 0.5) is 11.5 Å². The number of hydrogen-bond acceptors (Lipinski definition) is 3. The molecule has 0 aliphatic carbocycles. The molecule has 0 saturated carbocycles. The van der Waals surface area contributed by atoms with E-state index in [1.807, 2.05) is 36.4 Å². The van der Waals surface area contributed by atoms with Gasteiger partial charge in [-0.3, -0.25) is 0 Å². The Bertz CT molecular complexity index is 663. The first-order valence-corrected chi connectivity index (χ1v) is 5.55. The Kier molecular flexibility index (Phi) is 2.46. The maximum Gasteiger partial charge on any atom is 0.141 e. The molecule has 0 atom stereocenters. The SMILES string of the molecule is Clc1cccc(Nc2nccc3occc23)c1. The van der Waals surface area contributed by atoms with Crippen LogP contribution in [0.5, 0.6) is 0 Å². The molecule has 0 radical (unpaired) electrons. The lowest BCUT2D eigenvalue weighted by molar-refractivity contribution is 0.615. The minimum Gasteiger partial charge on any atom is -0.464 e. The second-order valence-corrected chi connectivity index (χ2v) is 4.06. The second kappa shape index (κ2) is 4.11. The summed E-state index contributed by atoms with van der Waals surface area (Å²) in [6.45, 7) is 0. The Morgan fingerprint density at radius 1 is 1.18 bits per heavy atom. The first kappa shape index (κ1) is 10.2. The third kappa shape index (κ3) is 1.97. The van der Waals surface area contributed by atoms with Crippen LogP contribution in [0.15, 0.2) is 53.3 Å². The zero-order valence-corrected chi connectivity index (χ0v) is 9.61. The van der Waals surface area contributed by atoms with E-state index in [2.05, 4.69) is 10.3 Å². The maximum atomic E-state index is 5.93. The summed E-state index contributed by atoms with van der Waals surface area (Å²) in [5, 5.41) is 4.86. The fourth-order valence-corrected chi connectivity index (χ4v) is 1.89. The molecule has 0 amide bonds. The predicted octanol–water partition coefficient (Wildman–Crippen LogP) is 4.22. The van der Waals surface area contributed by atoms with Crippen molar-refractivity contribution < 1.29 is 4.42 Å². The molecular weight excluding hydrogens is 236 g/mol. The standard InChI is InChI=1S/C13H9ClN2O/c14-9-2-1-3-10(8-9)16-13-11-5-7-17-12(11)4-6-15-13/h1-8H,(H,15,16). The summed E-state index contributed by atoms with van der Waals surface area (Å²) >= 11 is 5.93. The largest absolute Gasteiger partial charge is 0.464 e. The van der Waals surface area contributed by atoms with E-state index in [1.54, 1.807) is 12.5 Å². The normalized spacial score (nSPS) is 10.6. The van der Waals surface area contributed by atoms with Crippen LogP contribution in [0.1, 0.15) is 0 Å². The number of furan rings is 1. The van der Waals surface area contributed by atoms with Crippen LogP contribution in [0.25, 0.3) is 11.0 Å². The van der Waals surface area contributed by atoms with Crippen LogP contribution in [-0.4, -0.2) is 4.98 Å². The molecule has 0 aliphatic rings. The molecule has 3 rings (SSSR count). The smallest absolute Gasteiger partial charge is 0.141 e. The highest BCUT2D eigenvalue weighted by atomic mass is 35.5. The van der Waals surface area contributed by atoms with Gasteiger partial charge in [-0.25, -0.2) is 4.98 Å². The van der Waals surface area contributed by atoms with Crippen molar-refractivity contribution in [1.29, 1.82) is 0 Å². The van der Waals surface area contributed by atoms with Gasteiger partial charge in [-0.05, 0) is 30.3 Å². The molecule has 0 aliphatic heterocycles. The Labute approximate surface area is 103 Å². The summed E-state index contributed by atoms with van der Waals surface area (Å²) in [6.07, 6.45) is 3.36. The van der Waals surface area contributed by atoms with E-state index in [9.17, 15) is 0 Å². The fourth-order valence-electron chi connectivity index (χ4n) is 1.70. The number of nitrogens with one attached hydrogen (secondary N) is 1. The van der Waals surface area contributed by atoms with Gasteiger partial charge >= 0.3 is 0 Å². The Balaban J connectivity index is 2.02. The highest BCUT2D eigenvalue weighted by Gasteiger charge is 2.04. The Morgan fingerprint density at radius 2 is 2.12 bits per heavy atom. The summed E-state index contributed by atoms with van der Waals surface area (Å²) in [4.78, 5) is 4.29. The molecule has 0 spiro atoms. The van der Waals surface area contributed by atoms with Crippen molar-refractivity contribution in [2.75, 3.05) is 5.32 Å². The van der Waals surface area contributed by atoms with E-state index in [0.717, 1.165) is 22.5 Å². The van der Waals surface area contributed by atoms with Gasteiger partial charge in [0, 0.05) is 16.9 Å². The molecule has 4 heteroatoms. The van der Waals surface area contributed by atoms with Crippen molar-refractivity contribution in [1.82, 2.24) is 4.98 Å². The summed E-state index contributed by atoms with van der Waals surface area (Å²) in [6, 6.07) is 11.2. The average Bonchev–Trinajstić information content (AvgIpc) is 2.78. The lowest BCUT2D eigenvalue weighted by Crippen LogP contribution is -1.93. The van der Waals surface area contributed by atoms with Gasteiger partial charge in [0.1, 0.15) is 11.4 Å². The summed E-state index contributed by atoms with van der Waals surface area (Å²) in [7, 11) is 0. The van der Waals surface area contributed by atoms with Crippen molar-refractivity contribution >= 4 is 34.1 Å². The van der Waals surface area contributed by atoms with Gasteiger partial charge < -0.3 is 9.73 Å². The predicted molar refractivity (Wildman–Crippen MR) is 68.7 cm³/mol. The highest BCUT2D eigenvalue weighted by molar-refractivity contribution is 6.30. The molecule has 3 aromatic rings. The molecule has 0 saturated heterocycles. The average molecular weight is 245 g/mol. The lowest BCUT2D eigenvalue weighted by atomic mass is 10.3. The van der Waals surface area contributed by atoms with Crippen LogP contribution in [0.3, 0.4) is 0 Å². The number of aromatic nitrogens is 1. The van der Waals surface area contributed by atoms with Gasteiger partial charge in [-0.2, -0.15) is 0 Å². The highest BCUT2D eigenvalue weighted by Crippen LogP contribution is 2.25. The van der Waals surface area contributed by atoms with E-state index >= 15 is 0 Å². The topological polar surface area (TPSA) is 38.1 Å². The van der Waals surface area contributed by atoms with Crippen LogP contribution in [0.2, 0.25) is 5.02 Å². The quantitative estimate of drug-likeness (QED) is 0.733. The summed E-state index contributed by atoms with van der Waals surface area (Å²) < 4.78 is 5.31. The zero-order chi connectivity index (χ0) is 11.7. The van der Waals surface area contributed by atoms with Gasteiger partial charge in [-0.15, -0.1) is 0 Å². The lowest BCUT2D eigenvalue weighted by Gasteiger charge is -2.06. The van der Waals surface area contributed by atoms with Crippen LogP contribution < -0.4 is 5.32 Å². The van der Waals surface area contributed by atoms with Crippen LogP contribution >= 0.6 is 11.6 Å². The van der Waals surface area contributed by atoms with E-state index in [4.69, 9.17) is 16.0 Å². The Hall–Kier alpha value is -2.00. The Morgan fingerprint density at radius 3 is 3.00 bits per heavy atom. The van der Waals surface area contributed by atoms with Crippen LogP contribution in [0, 0.1) is 0 Å². The molecule has 0 bridgehead atoms. The van der Waals surface area contributed by atoms with Gasteiger partial charge in [-0.1, -0.05) is 17.7 Å². The molecule has 1 N–H and O–H groups in total. The molecule has 0 unspecified atom stereocenters. The summed E-state index contributed by atoms with van der Waals surface area (Å²) in [5.74, 6) is 0.763. The zero-order valence-electron chi connectivity index (χ0n) is 8.85. The van der Waals surface area contributed by atoms with E-state index in [0.29, 0.717) is 5.02 Å². The second-order valence-electron chi connectivity index (χ2n) is 3.63. The molecule has 17 heavy (non-hydrogen) atoms. The van der Waals surface area contributed by atoms with Gasteiger partial charge in [0.05, 0.1) is 11.6 Å². The monoisotopic (exact) mass is 244 g/mol. The van der Waals surface area contributed by atoms with Crippen molar-refractivity contribution in [3.8, 4) is 0 Å². The molecule has 3 nitrogen and oxygen atoms in total. The molecule has 1 aromatic carbocycles. The number of fused-ring (bicyclic) bond motifs is 1. The maximum absolute atomic E-state index is 5.93. The van der Waals surface area contributed by atoms with Crippen molar-refractivity contribution in [3.63, 3.8) is 0 Å². The van der Waals surface area contributed by atoms with Gasteiger partial charge in [0.15, 0.2) is 0 Å². The minimum atomic E-state index is 0.689. The van der Waals surface area contributed by atoms with Crippen LogP contribution in [-0.2, 0) is 0 Å². The number of pyridine rings is 1. The number of benzene rings is 1. The molecule has 2 heterocycles. The van der Waals surface area contributed by atoms with E-state index < -0.39 is 0 Å². The summed E-state index contributed by atoms with van der Waals surface area (Å²) in [5.41, 5.74) is 1.71. The third-order valence-corrected chi connectivity index (χ3v) is 2.70. The molecular formula is C13H9ClN2O. The fraction of sp³-hybridized carbons (Fsp3) is 0. The number of anilines is 2. The van der Waals surface area contributed by atoms with Crippen molar-refractivity contribution in [3.05, 3.63) is 53.9 Å². The number of nitrogens with zero attached hydrogens (tertiary/aromatic N) is 1. The van der Waals surface area contributed by atoms with E-state index in [-0.39, 0.29) is 0 Å². The molecule has 2 aromatic heterocycles. The van der Waals surface area contributed by atoms with Gasteiger partial charge in [0.25, 0.3) is 0 Å². The van der Waals surface area contributed by atoms with Crippen molar-refractivity contribution in [2.24, 2.45) is 0 Å². The molecule has 84 valence electrons. The third-order valence-electron chi connectivity index (χ3n) is 2.47. The first-order valence-electron chi connectivity index (χ1n) is 5.18. The van der Waals surface area contributed by atoms with E-state index in [1.165, 1.54) is 0 Å². The van der Waals surface area contributed by atoms with Crippen molar-refractivity contribution in [2.45, 2.75) is 0 Å². The van der Waals surface area contributed by atoms with Gasteiger partial charge in [0.2, 0.25) is 0 Å². The first-order chi connectivity index (χ1) is 8.33. The number of rotatable bonds is 2. The minimum absolute atomic E-state index is 0.689. The number of hydrogen-bond donors (Lipinski definition) is 1. The number of halogens is 1.